The normalized spacial score (nSPS) is 11.0. The lowest BCUT2D eigenvalue weighted by atomic mass is 10.1. The molecule has 0 aliphatic rings. The first-order valence-corrected chi connectivity index (χ1v) is 6.13. The van der Waals surface area contributed by atoms with Gasteiger partial charge in [-0.25, -0.2) is 0 Å². The summed E-state index contributed by atoms with van der Waals surface area (Å²) >= 11 is 11.4. The van der Waals surface area contributed by atoms with Gasteiger partial charge in [-0.15, -0.1) is 11.3 Å². The number of hydrogen-bond acceptors (Lipinski definition) is 1. The standard InChI is InChI=1S/C10H8BrClS/c1-2-6-3-4-8-9(10(6)11)7(12)5-13-8/h3-5H,2H2,1H3. The van der Waals surface area contributed by atoms with Crippen LogP contribution in [0.25, 0.3) is 10.1 Å². The molecule has 2 rings (SSSR count). The SMILES string of the molecule is CCc1ccc2scc(Cl)c2c1Br. The van der Waals surface area contributed by atoms with Gasteiger partial charge in [-0.3, -0.25) is 0 Å². The van der Waals surface area contributed by atoms with Crippen molar-refractivity contribution in [3.8, 4) is 0 Å². The smallest absolute Gasteiger partial charge is 0.0603 e. The van der Waals surface area contributed by atoms with Gasteiger partial charge < -0.3 is 0 Å². The van der Waals surface area contributed by atoms with Crippen LogP contribution < -0.4 is 0 Å². The van der Waals surface area contributed by atoms with Crippen LogP contribution >= 0.6 is 38.9 Å². The van der Waals surface area contributed by atoms with Gasteiger partial charge in [-0.1, -0.05) is 24.6 Å². The Labute approximate surface area is 94.7 Å². The zero-order valence-electron chi connectivity index (χ0n) is 7.10. The fraction of sp³-hybridized carbons (Fsp3) is 0.200. The van der Waals surface area contributed by atoms with E-state index in [1.54, 1.807) is 11.3 Å². The molecule has 68 valence electrons. The molecule has 0 unspecified atom stereocenters. The van der Waals surface area contributed by atoms with E-state index >= 15 is 0 Å². The molecule has 0 nitrogen and oxygen atoms in total. The van der Waals surface area contributed by atoms with Crippen molar-refractivity contribution in [1.82, 2.24) is 0 Å². The lowest BCUT2D eigenvalue weighted by Crippen LogP contribution is -1.81. The van der Waals surface area contributed by atoms with Gasteiger partial charge in [0, 0.05) is 19.9 Å². The average Bonchev–Trinajstić information content (AvgIpc) is 2.49. The second-order valence-corrected chi connectivity index (χ2v) is 4.96. The molecular formula is C10H8BrClS. The van der Waals surface area contributed by atoms with Crippen LogP contribution in [0.5, 0.6) is 0 Å². The van der Waals surface area contributed by atoms with Crippen LogP contribution in [0.15, 0.2) is 22.0 Å². The van der Waals surface area contributed by atoms with Gasteiger partial charge in [0.1, 0.15) is 0 Å². The minimum Gasteiger partial charge on any atom is -0.142 e. The van der Waals surface area contributed by atoms with Gasteiger partial charge in [0.05, 0.1) is 5.02 Å². The van der Waals surface area contributed by atoms with Gasteiger partial charge in [0.15, 0.2) is 0 Å². The third-order valence-corrected chi connectivity index (χ3v) is 4.37. The highest BCUT2D eigenvalue weighted by Crippen LogP contribution is 2.37. The summed E-state index contributed by atoms with van der Waals surface area (Å²) in [5.41, 5.74) is 1.31. The third kappa shape index (κ3) is 1.51. The van der Waals surface area contributed by atoms with Crippen LogP contribution in [-0.2, 0) is 6.42 Å². The first-order valence-electron chi connectivity index (χ1n) is 4.08. The summed E-state index contributed by atoms with van der Waals surface area (Å²) in [6, 6.07) is 4.29. The van der Waals surface area contributed by atoms with E-state index in [0.29, 0.717) is 0 Å². The molecule has 0 fully saturated rings. The van der Waals surface area contributed by atoms with E-state index in [1.165, 1.54) is 10.3 Å². The van der Waals surface area contributed by atoms with E-state index in [-0.39, 0.29) is 0 Å². The first kappa shape index (κ1) is 9.50. The summed E-state index contributed by atoms with van der Waals surface area (Å²) in [6.45, 7) is 2.15. The summed E-state index contributed by atoms with van der Waals surface area (Å²) < 4.78 is 2.40. The maximum absolute atomic E-state index is 6.09. The molecular weight excluding hydrogens is 268 g/mol. The number of benzene rings is 1. The molecule has 2 aromatic rings. The van der Waals surface area contributed by atoms with Gasteiger partial charge in [-0.05, 0) is 34.0 Å². The Morgan fingerprint density at radius 3 is 2.92 bits per heavy atom. The molecule has 0 aliphatic heterocycles. The Bertz CT molecular complexity index is 447. The zero-order valence-corrected chi connectivity index (χ0v) is 10.3. The molecule has 13 heavy (non-hydrogen) atoms. The van der Waals surface area contributed by atoms with E-state index in [2.05, 4.69) is 35.0 Å². The summed E-state index contributed by atoms with van der Waals surface area (Å²) in [7, 11) is 0. The van der Waals surface area contributed by atoms with Crippen molar-refractivity contribution >= 4 is 49.0 Å². The van der Waals surface area contributed by atoms with E-state index in [9.17, 15) is 0 Å². The summed E-state index contributed by atoms with van der Waals surface area (Å²) in [5.74, 6) is 0. The Kier molecular flexibility index (Phi) is 2.63. The number of thiophene rings is 1. The van der Waals surface area contributed by atoms with Crippen molar-refractivity contribution < 1.29 is 0 Å². The van der Waals surface area contributed by atoms with Gasteiger partial charge in [0.25, 0.3) is 0 Å². The minimum atomic E-state index is 0.849. The monoisotopic (exact) mass is 274 g/mol. The number of aryl methyl sites for hydroxylation is 1. The summed E-state index contributed by atoms with van der Waals surface area (Å²) in [4.78, 5) is 0. The van der Waals surface area contributed by atoms with Crippen LogP contribution in [0.2, 0.25) is 5.02 Å². The highest BCUT2D eigenvalue weighted by molar-refractivity contribution is 9.10. The fourth-order valence-electron chi connectivity index (χ4n) is 1.37. The predicted octanol–water partition coefficient (Wildman–Crippen LogP) is 4.88. The lowest BCUT2D eigenvalue weighted by molar-refractivity contribution is 1.14. The molecule has 0 amide bonds. The van der Waals surface area contributed by atoms with Crippen molar-refractivity contribution in [2.45, 2.75) is 13.3 Å². The molecule has 0 atom stereocenters. The van der Waals surface area contributed by atoms with Crippen molar-refractivity contribution in [3.63, 3.8) is 0 Å². The van der Waals surface area contributed by atoms with E-state index in [0.717, 1.165) is 21.3 Å². The summed E-state index contributed by atoms with van der Waals surface area (Å²) in [5, 5.41) is 3.99. The number of rotatable bonds is 1. The van der Waals surface area contributed by atoms with Crippen molar-refractivity contribution in [3.05, 3.63) is 32.6 Å². The third-order valence-electron chi connectivity index (χ3n) is 2.09. The van der Waals surface area contributed by atoms with Crippen LogP contribution in [0.4, 0.5) is 0 Å². The Morgan fingerprint density at radius 2 is 2.23 bits per heavy atom. The first-order chi connectivity index (χ1) is 6.24. The number of halogens is 2. The van der Waals surface area contributed by atoms with Crippen LogP contribution in [0.3, 0.4) is 0 Å². The van der Waals surface area contributed by atoms with Crippen LogP contribution in [0, 0.1) is 0 Å². The Morgan fingerprint density at radius 1 is 1.46 bits per heavy atom. The highest BCUT2D eigenvalue weighted by atomic mass is 79.9. The Balaban J connectivity index is 2.83. The number of fused-ring (bicyclic) bond motifs is 1. The topological polar surface area (TPSA) is 0 Å². The minimum absolute atomic E-state index is 0.849. The van der Waals surface area contributed by atoms with Crippen LogP contribution in [0.1, 0.15) is 12.5 Å². The largest absolute Gasteiger partial charge is 0.142 e. The van der Waals surface area contributed by atoms with Crippen molar-refractivity contribution in [2.24, 2.45) is 0 Å². The van der Waals surface area contributed by atoms with Crippen LogP contribution in [-0.4, -0.2) is 0 Å². The lowest BCUT2D eigenvalue weighted by Gasteiger charge is -2.02. The van der Waals surface area contributed by atoms with Gasteiger partial charge in [0.2, 0.25) is 0 Å². The van der Waals surface area contributed by atoms with Gasteiger partial charge >= 0.3 is 0 Å². The van der Waals surface area contributed by atoms with E-state index in [1.807, 2.05) is 5.38 Å². The molecule has 0 radical (unpaired) electrons. The maximum atomic E-state index is 6.09. The maximum Gasteiger partial charge on any atom is 0.0603 e. The molecule has 1 aromatic carbocycles. The predicted molar refractivity (Wildman–Crippen MR) is 63.9 cm³/mol. The second kappa shape index (κ2) is 3.60. The van der Waals surface area contributed by atoms with E-state index in [4.69, 9.17) is 11.6 Å². The molecule has 0 saturated carbocycles. The molecule has 1 heterocycles. The van der Waals surface area contributed by atoms with Crippen molar-refractivity contribution in [1.29, 1.82) is 0 Å². The molecule has 0 saturated heterocycles. The average molecular weight is 276 g/mol. The zero-order chi connectivity index (χ0) is 9.42. The van der Waals surface area contributed by atoms with E-state index < -0.39 is 0 Å². The number of hydrogen-bond donors (Lipinski definition) is 0. The molecule has 3 heteroatoms. The quantitative estimate of drug-likeness (QED) is 0.696. The molecule has 0 bridgehead atoms. The summed E-state index contributed by atoms with van der Waals surface area (Å²) in [6.07, 6.45) is 1.03. The van der Waals surface area contributed by atoms with Gasteiger partial charge in [-0.2, -0.15) is 0 Å². The second-order valence-electron chi connectivity index (χ2n) is 2.85. The molecule has 0 spiro atoms. The molecule has 0 N–H and O–H groups in total. The molecule has 0 aliphatic carbocycles. The highest BCUT2D eigenvalue weighted by Gasteiger charge is 2.08. The molecule has 1 aromatic heterocycles. The fourth-order valence-corrected chi connectivity index (χ4v) is 3.67. The Hall–Kier alpha value is -0.0500. The van der Waals surface area contributed by atoms with Crippen molar-refractivity contribution in [2.75, 3.05) is 0 Å².